The molecule has 2 aromatic carbocycles. The van der Waals surface area contributed by atoms with Gasteiger partial charge < -0.3 is 23.9 Å². The van der Waals surface area contributed by atoms with Crippen LogP contribution in [0.3, 0.4) is 0 Å². The third-order valence-electron chi connectivity index (χ3n) is 5.72. The molecule has 1 fully saturated rings. The zero-order valence-corrected chi connectivity index (χ0v) is 17.5. The molecule has 5 rings (SSSR count). The number of furan rings is 1. The predicted octanol–water partition coefficient (Wildman–Crippen LogP) is 3.85. The van der Waals surface area contributed by atoms with E-state index in [-0.39, 0.29) is 23.7 Å². The first-order chi connectivity index (χ1) is 16.0. The molecule has 33 heavy (non-hydrogen) atoms. The molecule has 2 aliphatic heterocycles. The van der Waals surface area contributed by atoms with Crippen molar-refractivity contribution in [3.63, 3.8) is 0 Å². The van der Waals surface area contributed by atoms with Gasteiger partial charge in [-0.05, 0) is 54.4 Å². The Morgan fingerprint density at radius 1 is 1.03 bits per heavy atom. The lowest BCUT2D eigenvalue weighted by molar-refractivity contribution is -0.140. The van der Waals surface area contributed by atoms with Gasteiger partial charge in [-0.25, -0.2) is 4.39 Å². The first kappa shape index (κ1) is 20.8. The molecule has 1 atom stereocenters. The lowest BCUT2D eigenvalue weighted by Crippen LogP contribution is -2.31. The third kappa shape index (κ3) is 3.84. The maximum atomic E-state index is 13.2. The van der Waals surface area contributed by atoms with E-state index in [1.165, 1.54) is 23.3 Å². The number of halogens is 1. The number of aliphatic hydroxyl groups is 1. The van der Waals surface area contributed by atoms with Gasteiger partial charge in [0.2, 0.25) is 0 Å². The monoisotopic (exact) mass is 449 g/mol. The third-order valence-corrected chi connectivity index (χ3v) is 5.72. The number of rotatable bonds is 5. The van der Waals surface area contributed by atoms with E-state index >= 15 is 0 Å². The van der Waals surface area contributed by atoms with Gasteiger partial charge in [0.25, 0.3) is 11.7 Å². The first-order valence-electron chi connectivity index (χ1n) is 10.5. The molecule has 0 saturated carbocycles. The van der Waals surface area contributed by atoms with Crippen molar-refractivity contribution in [1.29, 1.82) is 0 Å². The van der Waals surface area contributed by atoms with E-state index in [1.54, 1.807) is 42.5 Å². The molecule has 1 aromatic heterocycles. The molecule has 3 aromatic rings. The summed E-state index contributed by atoms with van der Waals surface area (Å²) in [5, 5.41) is 11.1. The molecule has 168 valence electrons. The number of ether oxygens (including phenoxy) is 2. The molecular formula is C25H20FNO6. The van der Waals surface area contributed by atoms with Crippen LogP contribution in [0.1, 0.15) is 22.9 Å². The molecule has 1 unspecified atom stereocenters. The van der Waals surface area contributed by atoms with Crippen LogP contribution in [-0.4, -0.2) is 41.5 Å². The van der Waals surface area contributed by atoms with Gasteiger partial charge in [0.05, 0.1) is 11.8 Å². The molecule has 1 N–H and O–H groups in total. The largest absolute Gasteiger partial charge is 0.507 e. The number of Topliss-reactive ketones (excluding diaryl/α,β-unsaturated/α-hetero) is 1. The fourth-order valence-electron chi connectivity index (χ4n) is 4.10. The number of likely N-dealkylation sites (tertiary alicyclic amines) is 1. The Morgan fingerprint density at radius 3 is 2.52 bits per heavy atom. The van der Waals surface area contributed by atoms with E-state index < -0.39 is 17.7 Å². The average Bonchev–Trinajstić information content (AvgIpc) is 3.45. The number of amides is 1. The van der Waals surface area contributed by atoms with Crippen molar-refractivity contribution in [2.24, 2.45) is 0 Å². The number of benzene rings is 2. The Morgan fingerprint density at radius 2 is 1.79 bits per heavy atom. The normalized spacial score (nSPS) is 19.2. The Hall–Kier alpha value is -4.07. The van der Waals surface area contributed by atoms with E-state index in [0.717, 1.165) is 5.56 Å². The van der Waals surface area contributed by atoms with Crippen LogP contribution in [0.5, 0.6) is 11.5 Å². The molecule has 0 bridgehead atoms. The summed E-state index contributed by atoms with van der Waals surface area (Å²) in [5.74, 6) is -0.872. The van der Waals surface area contributed by atoms with Gasteiger partial charge in [-0.2, -0.15) is 0 Å². The smallest absolute Gasteiger partial charge is 0.295 e. The van der Waals surface area contributed by atoms with E-state index in [2.05, 4.69) is 0 Å². The van der Waals surface area contributed by atoms with E-state index in [4.69, 9.17) is 13.9 Å². The lowest BCUT2D eigenvalue weighted by atomic mass is 9.99. The summed E-state index contributed by atoms with van der Waals surface area (Å²) in [6.07, 6.45) is 1.84. The number of aliphatic hydroxyl groups excluding tert-OH is 1. The number of fused-ring (bicyclic) bond motifs is 1. The van der Waals surface area contributed by atoms with Crippen molar-refractivity contribution >= 4 is 17.4 Å². The zero-order chi connectivity index (χ0) is 22.9. The van der Waals surface area contributed by atoms with Crippen molar-refractivity contribution < 1.29 is 33.0 Å². The van der Waals surface area contributed by atoms with E-state index in [9.17, 15) is 19.1 Å². The van der Waals surface area contributed by atoms with Gasteiger partial charge in [-0.15, -0.1) is 0 Å². The van der Waals surface area contributed by atoms with Gasteiger partial charge in [0.15, 0.2) is 11.5 Å². The number of carbonyl (C=O) groups is 2. The minimum absolute atomic E-state index is 0.0641. The van der Waals surface area contributed by atoms with Crippen LogP contribution < -0.4 is 9.47 Å². The Balaban J connectivity index is 1.52. The maximum absolute atomic E-state index is 13.2. The molecule has 2 aliphatic rings. The second kappa shape index (κ2) is 8.46. The lowest BCUT2D eigenvalue weighted by Gasteiger charge is -2.23. The molecule has 1 amide bonds. The fraction of sp³-hybridized carbons (Fsp3) is 0.200. The van der Waals surface area contributed by atoms with E-state index in [1.807, 2.05) is 0 Å². The van der Waals surface area contributed by atoms with Crippen LogP contribution in [-0.2, 0) is 16.0 Å². The van der Waals surface area contributed by atoms with Crippen LogP contribution >= 0.6 is 0 Å². The van der Waals surface area contributed by atoms with Crippen LogP contribution in [0.4, 0.5) is 4.39 Å². The molecule has 1 saturated heterocycles. The van der Waals surface area contributed by atoms with Crippen LogP contribution in [0.25, 0.3) is 5.76 Å². The first-order valence-corrected chi connectivity index (χ1v) is 10.5. The van der Waals surface area contributed by atoms with Crippen LogP contribution in [0.2, 0.25) is 0 Å². The molecular weight excluding hydrogens is 429 g/mol. The predicted molar refractivity (Wildman–Crippen MR) is 115 cm³/mol. The standard InChI is InChI=1S/C25H20FNO6/c26-17-6-3-15(4-7-17)9-10-27-22(19-2-1-11-31-19)21(24(29)25(27)30)23(28)16-5-8-18-20(14-16)33-13-12-32-18/h1-8,11,14,22,28H,9-10,12-13H2/b23-21-. The van der Waals surface area contributed by atoms with Gasteiger partial charge >= 0.3 is 0 Å². The highest BCUT2D eigenvalue weighted by molar-refractivity contribution is 6.46. The number of hydrogen-bond acceptors (Lipinski definition) is 6. The second-order valence-electron chi connectivity index (χ2n) is 7.74. The SMILES string of the molecule is O=C1C(=O)N(CCc2ccc(F)cc2)C(c2ccco2)/C1=C(/O)c1ccc2c(c1)OCCO2. The molecule has 7 nitrogen and oxygen atoms in total. The van der Waals surface area contributed by atoms with Gasteiger partial charge in [-0.3, -0.25) is 9.59 Å². The highest BCUT2D eigenvalue weighted by atomic mass is 19.1. The minimum atomic E-state index is -0.895. The molecule has 0 spiro atoms. The minimum Gasteiger partial charge on any atom is -0.507 e. The Bertz CT molecular complexity index is 1230. The number of hydrogen-bond donors (Lipinski definition) is 1. The highest BCUT2D eigenvalue weighted by Gasteiger charge is 2.47. The van der Waals surface area contributed by atoms with Crippen molar-refractivity contribution in [2.45, 2.75) is 12.5 Å². The quantitative estimate of drug-likeness (QED) is 0.362. The van der Waals surface area contributed by atoms with Gasteiger partial charge in [-0.1, -0.05) is 12.1 Å². The summed E-state index contributed by atoms with van der Waals surface area (Å²) >= 11 is 0. The average molecular weight is 449 g/mol. The van der Waals surface area contributed by atoms with Crippen LogP contribution in [0.15, 0.2) is 70.9 Å². The summed E-state index contributed by atoms with van der Waals surface area (Å²) in [4.78, 5) is 27.3. The number of nitrogens with zero attached hydrogens (tertiary/aromatic N) is 1. The summed E-state index contributed by atoms with van der Waals surface area (Å²) in [7, 11) is 0. The molecule has 3 heterocycles. The topological polar surface area (TPSA) is 89.2 Å². The van der Waals surface area contributed by atoms with Crippen molar-refractivity contribution in [1.82, 2.24) is 4.90 Å². The van der Waals surface area contributed by atoms with Gasteiger partial charge in [0.1, 0.15) is 36.6 Å². The number of carbonyl (C=O) groups excluding carboxylic acids is 2. The Labute approximate surface area is 188 Å². The van der Waals surface area contributed by atoms with Crippen molar-refractivity contribution in [3.05, 3.63) is 89.1 Å². The number of ketones is 1. The van der Waals surface area contributed by atoms with E-state index in [0.29, 0.717) is 42.5 Å². The highest BCUT2D eigenvalue weighted by Crippen LogP contribution is 2.41. The summed E-state index contributed by atoms with van der Waals surface area (Å²) in [6, 6.07) is 13.2. The fourth-order valence-corrected chi connectivity index (χ4v) is 4.10. The molecule has 8 heteroatoms. The van der Waals surface area contributed by atoms with Crippen LogP contribution in [0, 0.1) is 5.82 Å². The summed E-state index contributed by atoms with van der Waals surface area (Å²) in [5.41, 5.74) is 1.07. The maximum Gasteiger partial charge on any atom is 0.295 e. The molecule has 0 aliphatic carbocycles. The van der Waals surface area contributed by atoms with Crippen molar-refractivity contribution in [2.75, 3.05) is 19.8 Å². The Kier molecular flexibility index (Phi) is 5.34. The summed E-state index contributed by atoms with van der Waals surface area (Å²) in [6.45, 7) is 0.979. The van der Waals surface area contributed by atoms with Crippen molar-refractivity contribution in [3.8, 4) is 11.5 Å². The zero-order valence-electron chi connectivity index (χ0n) is 17.5. The summed E-state index contributed by atoms with van der Waals surface area (Å²) < 4.78 is 29.8. The van der Waals surface area contributed by atoms with Gasteiger partial charge in [0, 0.05) is 12.1 Å². The molecule has 0 radical (unpaired) electrons. The second-order valence-corrected chi connectivity index (χ2v) is 7.74.